The number of amides is 2. The third kappa shape index (κ3) is 4.65. The van der Waals surface area contributed by atoms with E-state index in [4.69, 9.17) is 0 Å². The highest BCUT2D eigenvalue weighted by Crippen LogP contribution is 2.27. The number of nitrogens with one attached hydrogen (secondary N) is 2. The van der Waals surface area contributed by atoms with E-state index >= 15 is 0 Å². The van der Waals surface area contributed by atoms with Crippen molar-refractivity contribution < 1.29 is 18.4 Å². The van der Waals surface area contributed by atoms with E-state index in [1.54, 1.807) is 0 Å². The van der Waals surface area contributed by atoms with Gasteiger partial charge in [0.05, 0.1) is 0 Å². The number of nitrogens with zero attached hydrogens (tertiary/aromatic N) is 1. The van der Waals surface area contributed by atoms with Gasteiger partial charge in [-0.05, 0) is 55.5 Å². The summed E-state index contributed by atoms with van der Waals surface area (Å²) in [7, 11) is 0. The zero-order valence-corrected chi connectivity index (χ0v) is 15.7. The molecule has 0 fully saturated rings. The molecular weight excluding hydrogens is 364 g/mol. The number of carbonyl (C=O) groups is 2. The average Bonchev–Trinajstić information content (AvgIpc) is 2.70. The molecule has 0 saturated carbocycles. The molecule has 28 heavy (non-hydrogen) atoms. The molecule has 0 aliphatic carbocycles. The van der Waals surface area contributed by atoms with E-state index in [-0.39, 0.29) is 5.69 Å². The van der Waals surface area contributed by atoms with Crippen molar-refractivity contribution in [3.05, 3.63) is 59.2 Å². The van der Waals surface area contributed by atoms with Crippen molar-refractivity contribution in [2.24, 2.45) is 0 Å². The largest absolute Gasteiger partial charge is 0.372 e. The molecule has 2 aromatic rings. The van der Waals surface area contributed by atoms with E-state index in [0.29, 0.717) is 13.0 Å². The predicted molar refractivity (Wildman–Crippen MR) is 104 cm³/mol. The maximum absolute atomic E-state index is 13.2. The van der Waals surface area contributed by atoms with Crippen molar-refractivity contribution in [1.29, 1.82) is 0 Å². The number of hydrogen-bond donors (Lipinski definition) is 2. The summed E-state index contributed by atoms with van der Waals surface area (Å²) in [6.07, 6.45) is 2.78. The Balaban J connectivity index is 1.51. The van der Waals surface area contributed by atoms with Crippen LogP contribution in [-0.2, 0) is 22.4 Å². The fourth-order valence-electron chi connectivity index (χ4n) is 3.37. The van der Waals surface area contributed by atoms with Gasteiger partial charge in [0, 0.05) is 37.1 Å². The van der Waals surface area contributed by atoms with Crippen LogP contribution in [0.2, 0.25) is 0 Å². The minimum atomic E-state index is -1.09. The molecule has 148 valence electrons. The SMILES string of the molecule is CCN1CCCc2cc(CCNC(=O)C(=O)Nc3ccc(F)c(F)c3)ccc21. The second-order valence-corrected chi connectivity index (χ2v) is 6.74. The summed E-state index contributed by atoms with van der Waals surface area (Å²) in [6, 6.07) is 9.22. The van der Waals surface area contributed by atoms with Crippen LogP contribution in [-0.4, -0.2) is 31.4 Å². The van der Waals surface area contributed by atoms with Gasteiger partial charge in [-0.25, -0.2) is 8.78 Å². The number of anilines is 2. The summed E-state index contributed by atoms with van der Waals surface area (Å²) >= 11 is 0. The van der Waals surface area contributed by atoms with E-state index < -0.39 is 23.4 Å². The zero-order valence-electron chi connectivity index (χ0n) is 15.7. The zero-order chi connectivity index (χ0) is 20.1. The lowest BCUT2D eigenvalue weighted by atomic mass is 9.98. The van der Waals surface area contributed by atoms with Gasteiger partial charge in [0.25, 0.3) is 0 Å². The number of fused-ring (bicyclic) bond motifs is 1. The van der Waals surface area contributed by atoms with Gasteiger partial charge in [0.15, 0.2) is 11.6 Å². The van der Waals surface area contributed by atoms with Gasteiger partial charge >= 0.3 is 11.8 Å². The van der Waals surface area contributed by atoms with E-state index in [9.17, 15) is 18.4 Å². The predicted octanol–water partition coefficient (Wildman–Crippen LogP) is 3.03. The van der Waals surface area contributed by atoms with E-state index in [1.165, 1.54) is 17.3 Å². The van der Waals surface area contributed by atoms with Crippen LogP contribution in [0.15, 0.2) is 36.4 Å². The highest BCUT2D eigenvalue weighted by Gasteiger charge is 2.17. The first-order valence-corrected chi connectivity index (χ1v) is 9.39. The van der Waals surface area contributed by atoms with Gasteiger partial charge in [0.1, 0.15) is 0 Å². The van der Waals surface area contributed by atoms with Gasteiger partial charge in [-0.15, -0.1) is 0 Å². The van der Waals surface area contributed by atoms with Crippen molar-refractivity contribution >= 4 is 23.2 Å². The first-order chi connectivity index (χ1) is 13.5. The molecule has 0 atom stereocenters. The first-order valence-electron chi connectivity index (χ1n) is 9.39. The average molecular weight is 387 g/mol. The molecule has 2 N–H and O–H groups in total. The minimum absolute atomic E-state index is 0.0224. The molecule has 0 bridgehead atoms. The van der Waals surface area contributed by atoms with Crippen LogP contribution in [0.3, 0.4) is 0 Å². The fraction of sp³-hybridized carbons (Fsp3) is 0.333. The van der Waals surface area contributed by atoms with Gasteiger partial charge < -0.3 is 15.5 Å². The van der Waals surface area contributed by atoms with Crippen LogP contribution in [0.25, 0.3) is 0 Å². The smallest absolute Gasteiger partial charge is 0.313 e. The molecule has 2 aromatic carbocycles. The maximum atomic E-state index is 13.2. The summed E-state index contributed by atoms with van der Waals surface area (Å²) < 4.78 is 26.1. The van der Waals surface area contributed by atoms with Crippen molar-refractivity contribution in [2.75, 3.05) is 29.9 Å². The molecule has 7 heteroatoms. The molecule has 1 aliphatic heterocycles. The monoisotopic (exact) mass is 387 g/mol. The summed E-state index contributed by atoms with van der Waals surface area (Å²) in [5.41, 5.74) is 3.70. The Morgan fingerprint density at radius 3 is 2.64 bits per heavy atom. The standard InChI is InChI=1S/C21H23F2N3O2/c1-2-26-11-3-4-15-12-14(5-8-19(15)26)9-10-24-20(27)21(28)25-16-6-7-17(22)18(23)13-16/h5-8,12-13H,2-4,9-11H2,1H3,(H,24,27)(H,25,28). The van der Waals surface area contributed by atoms with Crippen molar-refractivity contribution in [1.82, 2.24) is 5.32 Å². The number of rotatable bonds is 5. The highest BCUT2D eigenvalue weighted by molar-refractivity contribution is 6.39. The summed E-state index contributed by atoms with van der Waals surface area (Å²) in [5, 5.41) is 4.80. The quantitative estimate of drug-likeness (QED) is 0.776. The Bertz CT molecular complexity index is 886. The number of benzene rings is 2. The van der Waals surface area contributed by atoms with Crippen molar-refractivity contribution in [3.8, 4) is 0 Å². The second kappa shape index (κ2) is 8.82. The Morgan fingerprint density at radius 1 is 1.07 bits per heavy atom. The van der Waals surface area contributed by atoms with Gasteiger partial charge in [-0.3, -0.25) is 9.59 Å². The molecule has 0 saturated heterocycles. The molecule has 5 nitrogen and oxygen atoms in total. The number of aryl methyl sites for hydroxylation is 1. The Hall–Kier alpha value is -2.96. The van der Waals surface area contributed by atoms with Crippen LogP contribution in [0, 0.1) is 11.6 Å². The van der Waals surface area contributed by atoms with Crippen LogP contribution in [0.1, 0.15) is 24.5 Å². The third-order valence-corrected chi connectivity index (χ3v) is 4.82. The fourth-order valence-corrected chi connectivity index (χ4v) is 3.37. The molecule has 1 aliphatic rings. The highest BCUT2D eigenvalue weighted by atomic mass is 19.2. The normalized spacial score (nSPS) is 13.0. The van der Waals surface area contributed by atoms with E-state index in [0.717, 1.165) is 43.6 Å². The molecule has 0 unspecified atom stereocenters. The van der Waals surface area contributed by atoms with Gasteiger partial charge in [-0.2, -0.15) is 0 Å². The lowest BCUT2D eigenvalue weighted by Crippen LogP contribution is -2.36. The molecule has 0 spiro atoms. The molecule has 0 radical (unpaired) electrons. The van der Waals surface area contributed by atoms with Crippen LogP contribution in [0.5, 0.6) is 0 Å². The second-order valence-electron chi connectivity index (χ2n) is 6.74. The van der Waals surface area contributed by atoms with Crippen molar-refractivity contribution in [2.45, 2.75) is 26.2 Å². The Labute approximate surface area is 162 Å². The number of halogens is 2. The molecule has 2 amide bonds. The molecule has 1 heterocycles. The maximum Gasteiger partial charge on any atom is 0.313 e. The van der Waals surface area contributed by atoms with Gasteiger partial charge in [0.2, 0.25) is 0 Å². The Kier molecular flexibility index (Phi) is 6.23. The Morgan fingerprint density at radius 2 is 1.89 bits per heavy atom. The first kappa shape index (κ1) is 19.8. The van der Waals surface area contributed by atoms with Gasteiger partial charge in [-0.1, -0.05) is 12.1 Å². The van der Waals surface area contributed by atoms with Crippen LogP contribution < -0.4 is 15.5 Å². The molecular formula is C21H23F2N3O2. The van der Waals surface area contributed by atoms with E-state index in [2.05, 4.69) is 34.6 Å². The third-order valence-electron chi connectivity index (χ3n) is 4.82. The summed E-state index contributed by atoms with van der Waals surface area (Å²) in [6.45, 7) is 4.51. The lowest BCUT2D eigenvalue weighted by Gasteiger charge is -2.30. The topological polar surface area (TPSA) is 61.4 Å². The van der Waals surface area contributed by atoms with Crippen LogP contribution in [0.4, 0.5) is 20.2 Å². The lowest BCUT2D eigenvalue weighted by molar-refractivity contribution is -0.136. The minimum Gasteiger partial charge on any atom is -0.372 e. The molecule has 0 aromatic heterocycles. The number of carbonyl (C=O) groups excluding carboxylic acids is 2. The summed E-state index contributed by atoms with van der Waals surface area (Å²) in [5.74, 6) is -3.85. The summed E-state index contributed by atoms with van der Waals surface area (Å²) in [4.78, 5) is 26.1. The van der Waals surface area contributed by atoms with E-state index in [1.807, 2.05) is 6.07 Å². The van der Waals surface area contributed by atoms with Crippen molar-refractivity contribution in [3.63, 3.8) is 0 Å². The van der Waals surface area contributed by atoms with Crippen LogP contribution >= 0.6 is 0 Å². The number of hydrogen-bond acceptors (Lipinski definition) is 3. The molecule has 3 rings (SSSR count).